The van der Waals surface area contributed by atoms with Crippen LogP contribution >= 0.6 is 0 Å². The molecular weight excluding hydrogens is 194 g/mol. The minimum Gasteiger partial charge on any atom is -0.320 e. The van der Waals surface area contributed by atoms with Crippen LogP contribution in [0.3, 0.4) is 0 Å². The minimum atomic E-state index is 0.551. The van der Waals surface area contributed by atoms with Crippen LogP contribution in [0.25, 0.3) is 0 Å². The smallest absolute Gasteiger partial charge is 0.0203 e. The predicted molar refractivity (Wildman–Crippen MR) is 71.2 cm³/mol. The van der Waals surface area contributed by atoms with E-state index >= 15 is 0 Å². The maximum absolute atomic E-state index is 3.51. The van der Waals surface area contributed by atoms with E-state index in [2.05, 4.69) is 31.0 Å². The molecule has 0 spiro atoms. The number of nitrogens with one attached hydrogen (secondary N) is 1. The van der Waals surface area contributed by atoms with E-state index in [1.54, 1.807) is 0 Å². The molecule has 1 N–H and O–H groups in total. The second-order valence-electron chi connectivity index (χ2n) is 5.28. The molecule has 16 heavy (non-hydrogen) atoms. The Balaban J connectivity index is 2.30. The van der Waals surface area contributed by atoms with Crippen molar-refractivity contribution in [1.29, 1.82) is 0 Å². The molecule has 0 aromatic heterocycles. The molecule has 2 atom stereocenters. The van der Waals surface area contributed by atoms with E-state index in [0.29, 0.717) is 17.8 Å². The highest BCUT2D eigenvalue weighted by molar-refractivity contribution is 5.07. The average molecular weight is 221 g/mol. The first kappa shape index (κ1) is 13.6. The van der Waals surface area contributed by atoms with Gasteiger partial charge in [0.05, 0.1) is 0 Å². The molecule has 0 aromatic rings. The quantitative estimate of drug-likeness (QED) is 0.717. The lowest BCUT2D eigenvalue weighted by atomic mass is 9.88. The fraction of sp³-hybridized carbons (Fsp3) is 0.867. The zero-order valence-electron chi connectivity index (χ0n) is 11.2. The Hall–Kier alpha value is -0.480. The molecule has 1 heteroatoms. The van der Waals surface area contributed by atoms with E-state index in [9.17, 15) is 0 Å². The second kappa shape index (κ2) is 7.74. The third-order valence-corrected chi connectivity index (χ3v) is 3.82. The van der Waals surface area contributed by atoms with Crippen molar-refractivity contribution in [3.8, 4) is 11.8 Å². The van der Waals surface area contributed by atoms with Gasteiger partial charge in [0, 0.05) is 11.8 Å². The van der Waals surface area contributed by atoms with Crippen molar-refractivity contribution in [1.82, 2.24) is 5.32 Å². The summed E-state index contributed by atoms with van der Waals surface area (Å²) in [4.78, 5) is 0. The van der Waals surface area contributed by atoms with Gasteiger partial charge in [-0.2, -0.15) is 0 Å². The van der Waals surface area contributed by atoms with Gasteiger partial charge in [-0.3, -0.25) is 0 Å². The number of hydrogen-bond donors (Lipinski definition) is 1. The first-order valence-electron chi connectivity index (χ1n) is 6.89. The lowest BCUT2D eigenvalue weighted by molar-refractivity contribution is 0.420. The molecule has 1 rings (SSSR count). The van der Waals surface area contributed by atoms with Gasteiger partial charge in [0.1, 0.15) is 0 Å². The maximum atomic E-state index is 3.51. The first-order valence-corrected chi connectivity index (χ1v) is 6.89. The zero-order valence-corrected chi connectivity index (χ0v) is 11.2. The van der Waals surface area contributed by atoms with Crippen molar-refractivity contribution in [3.63, 3.8) is 0 Å². The van der Waals surface area contributed by atoms with Gasteiger partial charge < -0.3 is 5.32 Å². The maximum Gasteiger partial charge on any atom is 0.0203 e. The van der Waals surface area contributed by atoms with Crippen molar-refractivity contribution >= 4 is 0 Å². The van der Waals surface area contributed by atoms with Gasteiger partial charge >= 0.3 is 0 Å². The van der Waals surface area contributed by atoms with Gasteiger partial charge in [0.15, 0.2) is 0 Å². The van der Waals surface area contributed by atoms with E-state index in [1.165, 1.54) is 38.5 Å². The predicted octanol–water partition coefficient (Wildman–Crippen LogP) is 3.45. The lowest BCUT2D eigenvalue weighted by Gasteiger charge is -2.17. The molecule has 92 valence electrons. The van der Waals surface area contributed by atoms with Gasteiger partial charge in [0.25, 0.3) is 0 Å². The van der Waals surface area contributed by atoms with Crippen molar-refractivity contribution in [2.45, 2.75) is 52.4 Å². The highest BCUT2D eigenvalue weighted by atomic mass is 14.8. The van der Waals surface area contributed by atoms with Crippen LogP contribution in [0, 0.1) is 29.6 Å². The summed E-state index contributed by atoms with van der Waals surface area (Å²) >= 11 is 0. The molecule has 1 nitrogen and oxygen atoms in total. The summed E-state index contributed by atoms with van der Waals surface area (Å²) in [6.07, 6.45) is 8.12. The molecular formula is C15H27N. The van der Waals surface area contributed by atoms with Gasteiger partial charge in [0.2, 0.25) is 0 Å². The summed E-state index contributed by atoms with van der Waals surface area (Å²) in [6.45, 7) is 5.70. The van der Waals surface area contributed by atoms with Crippen molar-refractivity contribution in [2.24, 2.45) is 17.8 Å². The normalized spacial score (nSPS) is 20.9. The molecule has 1 aliphatic rings. The molecule has 0 bridgehead atoms. The molecule has 0 radical (unpaired) electrons. The molecule has 1 saturated carbocycles. The van der Waals surface area contributed by atoms with Crippen LogP contribution < -0.4 is 5.32 Å². The van der Waals surface area contributed by atoms with Gasteiger partial charge in [-0.1, -0.05) is 45.0 Å². The molecule has 2 unspecified atom stereocenters. The SMILES string of the molecule is CNCCC(C)C(C)C#CC1CCCCC1. The number of rotatable bonds is 4. The molecule has 0 aromatic carbocycles. The number of hydrogen-bond acceptors (Lipinski definition) is 1. The molecule has 0 saturated heterocycles. The van der Waals surface area contributed by atoms with Gasteiger partial charge in [-0.25, -0.2) is 0 Å². The van der Waals surface area contributed by atoms with Crippen molar-refractivity contribution in [3.05, 3.63) is 0 Å². The van der Waals surface area contributed by atoms with E-state index in [1.807, 2.05) is 7.05 Å². The third-order valence-electron chi connectivity index (χ3n) is 3.82. The first-order chi connectivity index (χ1) is 7.74. The average Bonchev–Trinajstić information content (AvgIpc) is 2.34. The fourth-order valence-corrected chi connectivity index (χ4v) is 2.26. The fourth-order valence-electron chi connectivity index (χ4n) is 2.26. The Morgan fingerprint density at radius 3 is 2.50 bits per heavy atom. The summed E-state index contributed by atoms with van der Waals surface area (Å²) in [7, 11) is 2.02. The van der Waals surface area contributed by atoms with E-state index in [4.69, 9.17) is 0 Å². The molecule has 0 heterocycles. The highest BCUT2D eigenvalue weighted by Gasteiger charge is 2.12. The largest absolute Gasteiger partial charge is 0.320 e. The zero-order chi connectivity index (χ0) is 11.8. The van der Waals surface area contributed by atoms with Crippen LogP contribution in [-0.2, 0) is 0 Å². The summed E-state index contributed by atoms with van der Waals surface area (Å²) < 4.78 is 0. The van der Waals surface area contributed by atoms with Gasteiger partial charge in [-0.15, -0.1) is 0 Å². The lowest BCUT2D eigenvalue weighted by Crippen LogP contribution is -2.15. The monoisotopic (exact) mass is 221 g/mol. The van der Waals surface area contributed by atoms with Crippen LogP contribution in [0.2, 0.25) is 0 Å². The Morgan fingerprint density at radius 2 is 1.88 bits per heavy atom. The molecule has 0 amide bonds. The Morgan fingerprint density at radius 1 is 1.19 bits per heavy atom. The van der Waals surface area contributed by atoms with E-state index < -0.39 is 0 Å². The van der Waals surface area contributed by atoms with Crippen LogP contribution in [-0.4, -0.2) is 13.6 Å². The Kier molecular flexibility index (Phi) is 6.57. The standard InChI is InChI=1S/C15H27N/c1-13(14(2)11-12-16-3)9-10-15-7-5-4-6-8-15/h13-16H,4-8,11-12H2,1-3H3. The van der Waals surface area contributed by atoms with Crippen LogP contribution in [0.1, 0.15) is 52.4 Å². The molecule has 0 aliphatic heterocycles. The Labute approximate surface area is 101 Å². The van der Waals surface area contributed by atoms with E-state index in [-0.39, 0.29) is 0 Å². The van der Waals surface area contributed by atoms with Crippen LogP contribution in [0.4, 0.5) is 0 Å². The van der Waals surface area contributed by atoms with Gasteiger partial charge in [-0.05, 0) is 38.8 Å². The third kappa shape index (κ3) is 5.03. The minimum absolute atomic E-state index is 0.551. The molecule has 1 aliphatic carbocycles. The second-order valence-corrected chi connectivity index (χ2v) is 5.28. The van der Waals surface area contributed by atoms with Crippen molar-refractivity contribution < 1.29 is 0 Å². The molecule has 1 fully saturated rings. The summed E-state index contributed by atoms with van der Waals surface area (Å²) in [5, 5.41) is 3.21. The van der Waals surface area contributed by atoms with Crippen LogP contribution in [0.5, 0.6) is 0 Å². The summed E-state index contributed by atoms with van der Waals surface area (Å²) in [5.74, 6) is 8.96. The van der Waals surface area contributed by atoms with Crippen molar-refractivity contribution in [2.75, 3.05) is 13.6 Å². The van der Waals surface area contributed by atoms with Crippen LogP contribution in [0.15, 0.2) is 0 Å². The van der Waals surface area contributed by atoms with E-state index in [0.717, 1.165) is 6.54 Å². The Bertz CT molecular complexity index is 230. The summed E-state index contributed by atoms with van der Waals surface area (Å²) in [6, 6.07) is 0. The summed E-state index contributed by atoms with van der Waals surface area (Å²) in [5.41, 5.74) is 0. The topological polar surface area (TPSA) is 12.0 Å². The highest BCUT2D eigenvalue weighted by Crippen LogP contribution is 2.23.